The van der Waals surface area contributed by atoms with Crippen molar-refractivity contribution in [1.29, 1.82) is 0 Å². The van der Waals surface area contributed by atoms with Gasteiger partial charge in [-0.15, -0.1) is 0 Å². The van der Waals surface area contributed by atoms with E-state index in [1.54, 1.807) is 26.0 Å². The second kappa shape index (κ2) is 10.2. The molecule has 0 aromatic heterocycles. The van der Waals surface area contributed by atoms with Crippen LogP contribution in [0, 0.1) is 5.92 Å². The van der Waals surface area contributed by atoms with Gasteiger partial charge in [-0.05, 0) is 42.9 Å². The number of rotatable bonds is 8. The van der Waals surface area contributed by atoms with Crippen molar-refractivity contribution in [3.8, 4) is 11.5 Å². The highest BCUT2D eigenvalue weighted by atomic mass is 16.5. The molecule has 0 atom stereocenters. The van der Waals surface area contributed by atoms with Gasteiger partial charge in [0.1, 0.15) is 0 Å². The lowest BCUT2D eigenvalue weighted by molar-refractivity contribution is -0.134. The maximum Gasteiger partial charge on any atom is 0.224 e. The van der Waals surface area contributed by atoms with Gasteiger partial charge in [0.25, 0.3) is 0 Å². The van der Waals surface area contributed by atoms with Crippen LogP contribution < -0.4 is 9.47 Å². The summed E-state index contributed by atoms with van der Waals surface area (Å²) in [5.41, 5.74) is 1.07. The molecule has 1 aromatic carbocycles. The Morgan fingerprint density at radius 2 is 1.78 bits per heavy atom. The monoisotopic (exact) mass is 376 g/mol. The molecule has 0 saturated carbocycles. The quantitative estimate of drug-likeness (QED) is 0.700. The van der Waals surface area contributed by atoms with Gasteiger partial charge in [-0.1, -0.05) is 13.0 Å². The molecule has 6 heteroatoms. The second-order valence-corrected chi connectivity index (χ2v) is 7.26. The van der Waals surface area contributed by atoms with E-state index in [9.17, 15) is 9.59 Å². The fourth-order valence-electron chi connectivity index (χ4n) is 3.37. The van der Waals surface area contributed by atoms with Crippen LogP contribution in [0.15, 0.2) is 18.2 Å². The number of methoxy groups -OCH3 is 2. The molecule has 0 bridgehead atoms. The van der Waals surface area contributed by atoms with Crippen molar-refractivity contribution in [3.63, 3.8) is 0 Å². The van der Waals surface area contributed by atoms with Gasteiger partial charge in [0, 0.05) is 39.5 Å². The number of likely N-dealkylation sites (tertiary alicyclic amines) is 1. The van der Waals surface area contributed by atoms with Crippen molar-refractivity contribution in [3.05, 3.63) is 23.8 Å². The number of hydrogen-bond donors (Lipinski definition) is 0. The van der Waals surface area contributed by atoms with Gasteiger partial charge >= 0.3 is 0 Å². The first-order chi connectivity index (χ1) is 12.9. The van der Waals surface area contributed by atoms with Crippen molar-refractivity contribution in [2.24, 2.45) is 5.92 Å². The molecule has 1 fully saturated rings. The molecule has 1 saturated heterocycles. The molecule has 150 valence electrons. The highest BCUT2D eigenvalue weighted by Gasteiger charge is 2.21. The maximum absolute atomic E-state index is 12.4. The zero-order valence-electron chi connectivity index (χ0n) is 17.0. The first-order valence-electron chi connectivity index (χ1n) is 9.68. The molecular formula is C21H32N2O4. The van der Waals surface area contributed by atoms with E-state index >= 15 is 0 Å². The van der Waals surface area contributed by atoms with Crippen LogP contribution in [0.25, 0.3) is 0 Å². The molecule has 2 rings (SSSR count). The molecule has 0 aliphatic carbocycles. The van der Waals surface area contributed by atoms with Gasteiger partial charge in [0.2, 0.25) is 11.8 Å². The maximum atomic E-state index is 12.4. The van der Waals surface area contributed by atoms with Crippen LogP contribution in [0.1, 0.15) is 38.7 Å². The molecule has 1 heterocycles. The predicted octanol–water partition coefficient (Wildman–Crippen LogP) is 2.74. The first kappa shape index (κ1) is 21.1. The average molecular weight is 376 g/mol. The minimum atomic E-state index is -0.00413. The Labute approximate surface area is 162 Å². The number of carbonyl (C=O) groups excluding carboxylic acids is 2. The molecular weight excluding hydrogens is 344 g/mol. The second-order valence-electron chi connectivity index (χ2n) is 7.26. The van der Waals surface area contributed by atoms with E-state index in [1.165, 1.54) is 0 Å². The van der Waals surface area contributed by atoms with Crippen molar-refractivity contribution in [2.75, 3.05) is 40.4 Å². The molecule has 0 spiro atoms. The number of benzene rings is 1. The number of carbonyl (C=O) groups is 2. The zero-order chi connectivity index (χ0) is 19.8. The highest BCUT2D eigenvalue weighted by molar-refractivity contribution is 5.78. The fourth-order valence-corrected chi connectivity index (χ4v) is 3.37. The van der Waals surface area contributed by atoms with Crippen LogP contribution in [0.4, 0.5) is 0 Å². The Balaban J connectivity index is 1.86. The lowest BCUT2D eigenvalue weighted by Gasteiger charge is -2.31. The van der Waals surface area contributed by atoms with E-state index in [0.29, 0.717) is 43.3 Å². The summed E-state index contributed by atoms with van der Waals surface area (Å²) in [5, 5.41) is 0. The van der Waals surface area contributed by atoms with Gasteiger partial charge in [-0.3, -0.25) is 9.59 Å². The summed E-state index contributed by atoms with van der Waals surface area (Å²) >= 11 is 0. The largest absolute Gasteiger partial charge is 0.493 e. The summed E-state index contributed by atoms with van der Waals surface area (Å²) in [6, 6.07) is 5.77. The van der Waals surface area contributed by atoms with E-state index < -0.39 is 0 Å². The molecule has 1 aliphatic rings. The van der Waals surface area contributed by atoms with E-state index in [-0.39, 0.29) is 11.8 Å². The topological polar surface area (TPSA) is 59.1 Å². The summed E-state index contributed by atoms with van der Waals surface area (Å²) in [6.45, 7) is 6.51. The van der Waals surface area contributed by atoms with Crippen LogP contribution >= 0.6 is 0 Å². The standard InChI is InChI=1S/C21H32N2O4/c1-16-7-11-23(12-8-16)21(25)10-14-22(17(2)24)13-9-18-5-6-19(26-3)20(15-18)27-4/h5-6,15-16H,7-14H2,1-4H3. The molecule has 0 radical (unpaired) electrons. The molecule has 27 heavy (non-hydrogen) atoms. The Morgan fingerprint density at radius 3 is 2.37 bits per heavy atom. The number of ether oxygens (including phenoxy) is 2. The molecule has 0 N–H and O–H groups in total. The molecule has 2 amide bonds. The van der Waals surface area contributed by atoms with Crippen LogP contribution in [0.5, 0.6) is 11.5 Å². The molecule has 6 nitrogen and oxygen atoms in total. The fraction of sp³-hybridized carbons (Fsp3) is 0.619. The lowest BCUT2D eigenvalue weighted by Crippen LogP contribution is -2.40. The van der Waals surface area contributed by atoms with Gasteiger partial charge in [-0.2, -0.15) is 0 Å². The Bertz CT molecular complexity index is 639. The van der Waals surface area contributed by atoms with Crippen LogP contribution in [0.3, 0.4) is 0 Å². The highest BCUT2D eigenvalue weighted by Crippen LogP contribution is 2.27. The van der Waals surface area contributed by atoms with Crippen molar-refractivity contribution >= 4 is 11.8 Å². The van der Waals surface area contributed by atoms with Crippen molar-refractivity contribution < 1.29 is 19.1 Å². The van der Waals surface area contributed by atoms with Crippen LogP contribution in [0.2, 0.25) is 0 Å². The Morgan fingerprint density at radius 1 is 1.11 bits per heavy atom. The Hall–Kier alpha value is -2.24. The number of hydrogen-bond acceptors (Lipinski definition) is 4. The normalized spacial score (nSPS) is 14.7. The third-order valence-electron chi connectivity index (χ3n) is 5.30. The van der Waals surface area contributed by atoms with Crippen LogP contribution in [-0.2, 0) is 16.0 Å². The van der Waals surface area contributed by atoms with Gasteiger partial charge in [0.15, 0.2) is 11.5 Å². The third-order valence-corrected chi connectivity index (χ3v) is 5.30. The summed E-state index contributed by atoms with van der Waals surface area (Å²) in [4.78, 5) is 28.1. The number of amides is 2. The first-order valence-corrected chi connectivity index (χ1v) is 9.68. The van der Waals surface area contributed by atoms with E-state index in [4.69, 9.17) is 9.47 Å². The van der Waals surface area contributed by atoms with E-state index in [1.807, 2.05) is 23.1 Å². The SMILES string of the molecule is COc1ccc(CCN(CCC(=O)N2CCC(C)CC2)C(C)=O)cc1OC. The van der Waals surface area contributed by atoms with Gasteiger partial charge in [0.05, 0.1) is 14.2 Å². The zero-order valence-corrected chi connectivity index (χ0v) is 17.0. The predicted molar refractivity (Wildman–Crippen MR) is 105 cm³/mol. The molecule has 1 aliphatic heterocycles. The summed E-state index contributed by atoms with van der Waals surface area (Å²) in [5.74, 6) is 2.21. The van der Waals surface area contributed by atoms with Gasteiger partial charge < -0.3 is 19.3 Å². The van der Waals surface area contributed by atoms with Crippen molar-refractivity contribution in [1.82, 2.24) is 9.80 Å². The Kier molecular flexibility index (Phi) is 7.95. The lowest BCUT2D eigenvalue weighted by atomic mass is 9.99. The molecule has 0 unspecified atom stereocenters. The van der Waals surface area contributed by atoms with Crippen molar-refractivity contribution in [2.45, 2.75) is 39.5 Å². The molecule has 1 aromatic rings. The minimum Gasteiger partial charge on any atom is -0.493 e. The summed E-state index contributed by atoms with van der Waals surface area (Å²) < 4.78 is 10.6. The average Bonchev–Trinajstić information content (AvgIpc) is 2.67. The van der Waals surface area contributed by atoms with E-state index in [2.05, 4.69) is 6.92 Å². The van der Waals surface area contributed by atoms with E-state index in [0.717, 1.165) is 31.5 Å². The number of nitrogens with zero attached hydrogens (tertiary/aromatic N) is 2. The number of piperidine rings is 1. The summed E-state index contributed by atoms with van der Waals surface area (Å²) in [6.07, 6.45) is 3.23. The summed E-state index contributed by atoms with van der Waals surface area (Å²) in [7, 11) is 3.21. The third kappa shape index (κ3) is 6.15. The smallest absolute Gasteiger partial charge is 0.224 e. The van der Waals surface area contributed by atoms with Gasteiger partial charge in [-0.25, -0.2) is 0 Å². The van der Waals surface area contributed by atoms with Crippen LogP contribution in [-0.4, -0.2) is 62.0 Å². The minimum absolute atomic E-state index is 0.00413.